The Labute approximate surface area is 82.4 Å². The number of nitrogens with zero attached hydrogens (tertiary/aromatic N) is 2. The van der Waals surface area contributed by atoms with E-state index in [0.717, 1.165) is 12.8 Å². The quantitative estimate of drug-likeness (QED) is 0.585. The summed E-state index contributed by atoms with van der Waals surface area (Å²) in [4.78, 5) is 9.34. The van der Waals surface area contributed by atoms with Crippen molar-refractivity contribution in [1.82, 2.24) is 0 Å². The zero-order valence-corrected chi connectivity index (χ0v) is 7.77. The van der Waals surface area contributed by atoms with Crippen molar-refractivity contribution in [2.75, 3.05) is 0 Å². The van der Waals surface area contributed by atoms with Crippen LogP contribution in [0.4, 0.5) is 0 Å². The Bertz CT molecular complexity index is 489. The smallest absolute Gasteiger partial charge is 0.114 e. The van der Waals surface area contributed by atoms with E-state index in [1.807, 2.05) is 12.4 Å². The van der Waals surface area contributed by atoms with E-state index in [4.69, 9.17) is 0 Å². The van der Waals surface area contributed by atoms with Gasteiger partial charge in [0.05, 0.1) is 5.54 Å². The minimum Gasteiger partial charge on any atom is -0.283 e. The molecule has 0 saturated heterocycles. The number of hydrogen-bond donors (Lipinski definition) is 0. The highest BCUT2D eigenvalue weighted by Crippen LogP contribution is 2.67. The summed E-state index contributed by atoms with van der Waals surface area (Å²) in [6.45, 7) is 0. The van der Waals surface area contributed by atoms with Crippen LogP contribution >= 0.6 is 0 Å². The molecule has 0 spiro atoms. The van der Waals surface area contributed by atoms with Gasteiger partial charge in [-0.15, -0.1) is 0 Å². The molecule has 0 N–H and O–H groups in total. The van der Waals surface area contributed by atoms with Crippen molar-refractivity contribution >= 4 is 12.4 Å². The molecular formula is C12H10N2. The van der Waals surface area contributed by atoms with Crippen LogP contribution < -0.4 is 0 Å². The topological polar surface area (TPSA) is 24.7 Å². The molecule has 1 saturated carbocycles. The minimum absolute atomic E-state index is 0.0400. The highest BCUT2D eigenvalue weighted by atomic mass is 15.2. The van der Waals surface area contributed by atoms with E-state index < -0.39 is 0 Å². The Morgan fingerprint density at radius 2 is 2.07 bits per heavy atom. The summed E-state index contributed by atoms with van der Waals surface area (Å²) in [5.74, 6) is 0. The van der Waals surface area contributed by atoms with Gasteiger partial charge < -0.3 is 0 Å². The van der Waals surface area contributed by atoms with E-state index in [-0.39, 0.29) is 11.1 Å². The molecule has 2 aliphatic heterocycles. The van der Waals surface area contributed by atoms with Gasteiger partial charge in [-0.05, 0) is 11.1 Å². The molecule has 14 heavy (non-hydrogen) atoms. The van der Waals surface area contributed by atoms with E-state index >= 15 is 0 Å². The minimum atomic E-state index is 0.0400. The standard InChI is InChI=1S/C12H10N2/c1-2-4-10-9(3-1)7-14-11-5-6-13-12(10,11)8-11/h1-4,6-7H,5,8H2/t11?,12-/m1/s1. The second-order valence-electron chi connectivity index (χ2n) is 4.43. The van der Waals surface area contributed by atoms with Crippen LogP contribution in [0.2, 0.25) is 0 Å². The highest BCUT2D eigenvalue weighted by Gasteiger charge is 2.72. The van der Waals surface area contributed by atoms with Gasteiger partial charge in [-0.3, -0.25) is 9.98 Å². The second kappa shape index (κ2) is 1.83. The lowest BCUT2D eigenvalue weighted by molar-refractivity contribution is 0.598. The molecule has 2 heteroatoms. The van der Waals surface area contributed by atoms with Crippen LogP contribution in [-0.2, 0) is 5.54 Å². The summed E-state index contributed by atoms with van der Waals surface area (Å²) in [7, 11) is 0. The molecule has 0 aromatic heterocycles. The molecule has 2 atom stereocenters. The molecule has 1 unspecified atom stereocenters. The zero-order valence-electron chi connectivity index (χ0n) is 7.77. The maximum Gasteiger partial charge on any atom is 0.114 e. The largest absolute Gasteiger partial charge is 0.283 e. The first-order valence-electron chi connectivity index (χ1n) is 5.05. The maximum atomic E-state index is 4.68. The summed E-state index contributed by atoms with van der Waals surface area (Å²) >= 11 is 0. The van der Waals surface area contributed by atoms with Crippen LogP contribution in [0, 0.1) is 0 Å². The van der Waals surface area contributed by atoms with E-state index in [9.17, 15) is 0 Å². The zero-order chi connectivity index (χ0) is 9.23. The van der Waals surface area contributed by atoms with Gasteiger partial charge in [-0.25, -0.2) is 0 Å². The third-order valence-electron chi connectivity index (χ3n) is 3.79. The van der Waals surface area contributed by atoms with E-state index in [2.05, 4.69) is 34.3 Å². The Morgan fingerprint density at radius 3 is 3.07 bits per heavy atom. The molecule has 1 fully saturated rings. The summed E-state index contributed by atoms with van der Waals surface area (Å²) in [5.41, 5.74) is 2.79. The maximum absolute atomic E-state index is 4.68. The van der Waals surface area contributed by atoms with E-state index in [0.29, 0.717) is 0 Å². The Balaban J connectivity index is 2.06. The van der Waals surface area contributed by atoms with Crippen LogP contribution in [0.3, 0.4) is 0 Å². The van der Waals surface area contributed by atoms with Crippen LogP contribution in [0.15, 0.2) is 34.3 Å². The fraction of sp³-hybridized carbons (Fsp3) is 0.333. The molecule has 1 aliphatic carbocycles. The second-order valence-corrected chi connectivity index (χ2v) is 4.43. The number of fused-ring (bicyclic) bond motifs is 1. The Kier molecular flexibility index (Phi) is 0.905. The van der Waals surface area contributed by atoms with Crippen LogP contribution in [0.1, 0.15) is 24.0 Å². The molecule has 2 heterocycles. The number of aliphatic imine (C=N–C) groups is 2. The Hall–Kier alpha value is -1.44. The first-order chi connectivity index (χ1) is 6.86. The lowest BCUT2D eigenvalue weighted by Crippen LogP contribution is -2.21. The molecule has 2 nitrogen and oxygen atoms in total. The van der Waals surface area contributed by atoms with Gasteiger partial charge in [-0.1, -0.05) is 24.3 Å². The van der Waals surface area contributed by atoms with Gasteiger partial charge in [0.25, 0.3) is 0 Å². The molecule has 0 radical (unpaired) electrons. The van der Waals surface area contributed by atoms with Crippen LogP contribution in [0.5, 0.6) is 0 Å². The number of rotatable bonds is 0. The summed E-state index contributed by atoms with van der Waals surface area (Å²) in [6.07, 6.45) is 6.21. The summed E-state index contributed by atoms with van der Waals surface area (Å²) in [5, 5.41) is 0. The lowest BCUT2D eigenvalue weighted by atomic mass is 9.93. The molecule has 3 aliphatic rings. The van der Waals surface area contributed by atoms with Crippen molar-refractivity contribution in [2.45, 2.75) is 23.9 Å². The van der Waals surface area contributed by atoms with Gasteiger partial charge in [-0.2, -0.15) is 0 Å². The predicted octanol–water partition coefficient (Wildman–Crippen LogP) is 1.93. The SMILES string of the molecule is C1=NC23CC=N[C@]2(C3)c2ccccc21. The highest BCUT2D eigenvalue weighted by molar-refractivity contribution is 5.89. The molecule has 0 bridgehead atoms. The Morgan fingerprint density at radius 1 is 1.14 bits per heavy atom. The lowest BCUT2D eigenvalue weighted by Gasteiger charge is -2.20. The van der Waals surface area contributed by atoms with Crippen molar-refractivity contribution in [3.05, 3.63) is 35.4 Å². The third-order valence-corrected chi connectivity index (χ3v) is 3.79. The van der Waals surface area contributed by atoms with Gasteiger partial charge in [0.2, 0.25) is 0 Å². The van der Waals surface area contributed by atoms with E-state index in [1.165, 1.54) is 11.1 Å². The normalized spacial score (nSPS) is 40.3. The van der Waals surface area contributed by atoms with Crippen LogP contribution in [-0.4, -0.2) is 18.0 Å². The van der Waals surface area contributed by atoms with Crippen molar-refractivity contribution in [3.63, 3.8) is 0 Å². The van der Waals surface area contributed by atoms with Gasteiger partial charge in [0.1, 0.15) is 5.54 Å². The average molecular weight is 182 g/mol. The van der Waals surface area contributed by atoms with Gasteiger partial charge in [0.15, 0.2) is 0 Å². The van der Waals surface area contributed by atoms with Crippen molar-refractivity contribution in [3.8, 4) is 0 Å². The van der Waals surface area contributed by atoms with Crippen molar-refractivity contribution in [1.29, 1.82) is 0 Å². The van der Waals surface area contributed by atoms with Gasteiger partial charge in [0, 0.05) is 25.3 Å². The predicted molar refractivity (Wildman–Crippen MR) is 56.2 cm³/mol. The van der Waals surface area contributed by atoms with E-state index in [1.54, 1.807) is 0 Å². The van der Waals surface area contributed by atoms with Crippen molar-refractivity contribution < 1.29 is 0 Å². The number of benzene rings is 1. The monoisotopic (exact) mass is 182 g/mol. The summed E-state index contributed by atoms with van der Waals surface area (Å²) < 4.78 is 0. The molecule has 4 rings (SSSR count). The molecule has 0 amide bonds. The molecule has 1 aromatic rings. The average Bonchev–Trinajstić information content (AvgIpc) is 2.76. The first-order valence-corrected chi connectivity index (χ1v) is 5.05. The molecule has 1 aromatic carbocycles. The third kappa shape index (κ3) is 0.533. The molecule has 68 valence electrons. The first kappa shape index (κ1) is 6.93. The van der Waals surface area contributed by atoms with Crippen molar-refractivity contribution in [2.24, 2.45) is 9.98 Å². The number of hydrogen-bond acceptors (Lipinski definition) is 2. The fourth-order valence-electron chi connectivity index (χ4n) is 2.94. The van der Waals surface area contributed by atoms with Crippen LogP contribution in [0.25, 0.3) is 0 Å². The summed E-state index contributed by atoms with van der Waals surface area (Å²) in [6, 6.07) is 8.49. The fourth-order valence-corrected chi connectivity index (χ4v) is 2.94. The van der Waals surface area contributed by atoms with Gasteiger partial charge >= 0.3 is 0 Å². The molecular weight excluding hydrogens is 172 g/mol.